The van der Waals surface area contributed by atoms with Crippen molar-refractivity contribution in [1.29, 1.82) is 0 Å². The van der Waals surface area contributed by atoms with E-state index in [4.69, 9.17) is 10.5 Å². The van der Waals surface area contributed by atoms with Crippen molar-refractivity contribution in [2.75, 3.05) is 19.1 Å². The number of hydrogen-bond donors (Lipinski definition) is 1. The van der Waals surface area contributed by atoms with E-state index in [1.165, 1.54) is 4.52 Å². The third-order valence-corrected chi connectivity index (χ3v) is 3.74. The van der Waals surface area contributed by atoms with Gasteiger partial charge in [-0.2, -0.15) is 19.5 Å². The monoisotopic (exact) mass is 320 g/mol. The molecule has 1 aromatic carbocycles. The Morgan fingerprint density at radius 1 is 1.14 bits per heavy atom. The lowest BCUT2D eigenvalue weighted by molar-refractivity contribution is 0.415. The van der Waals surface area contributed by atoms with Gasteiger partial charge in [-0.05, 0) is 24.3 Å². The molecule has 0 radical (unpaired) electrons. The number of anilines is 1. The molecular weight excluding hydrogens is 308 g/mol. The molecule has 0 aliphatic rings. The predicted molar refractivity (Wildman–Crippen MR) is 78.1 cm³/mol. The zero-order chi connectivity index (χ0) is 15.9. The Hall–Kier alpha value is -2.75. The van der Waals surface area contributed by atoms with E-state index in [1.807, 2.05) is 0 Å². The fraction of sp³-hybridized carbons (Fsp3) is 0.167. The van der Waals surface area contributed by atoms with E-state index in [1.54, 1.807) is 31.4 Å². The maximum Gasteiger partial charge on any atom is 0.258 e. The van der Waals surface area contributed by atoms with Crippen LogP contribution in [0.15, 0.2) is 29.4 Å². The number of benzene rings is 1. The second-order valence-corrected chi connectivity index (χ2v) is 6.42. The standard InChI is InChI=1S/C12H12N6O3S/c1-21-8-5-3-7(4-6-8)9-14-11-16-12(22(2,19)20)15-10(13)18(11)17-9/h3-6H,1-2H3,(H2,13,14,15,16,17). The van der Waals surface area contributed by atoms with E-state index in [0.717, 1.165) is 6.26 Å². The van der Waals surface area contributed by atoms with Crippen LogP contribution in [0, 0.1) is 0 Å². The average molecular weight is 320 g/mol. The minimum absolute atomic E-state index is 0.0683. The summed E-state index contributed by atoms with van der Waals surface area (Å²) in [5.74, 6) is 1.02. The summed E-state index contributed by atoms with van der Waals surface area (Å²) in [6, 6.07) is 7.07. The molecule has 3 rings (SSSR count). The SMILES string of the molecule is COc1ccc(-c2nc3nc(S(C)(=O)=O)nc(N)n3n2)cc1. The van der Waals surface area contributed by atoms with Crippen molar-refractivity contribution in [3.05, 3.63) is 24.3 Å². The summed E-state index contributed by atoms with van der Waals surface area (Å²) in [6.07, 6.45) is 0.999. The van der Waals surface area contributed by atoms with E-state index >= 15 is 0 Å². The van der Waals surface area contributed by atoms with Gasteiger partial charge >= 0.3 is 0 Å². The summed E-state index contributed by atoms with van der Waals surface area (Å²) in [5, 5.41) is 3.80. The van der Waals surface area contributed by atoms with E-state index in [2.05, 4.69) is 20.1 Å². The number of methoxy groups -OCH3 is 1. The van der Waals surface area contributed by atoms with Gasteiger partial charge in [0.25, 0.3) is 10.9 Å². The first kappa shape index (κ1) is 14.2. The van der Waals surface area contributed by atoms with Gasteiger partial charge in [-0.1, -0.05) is 0 Å². The first-order valence-electron chi connectivity index (χ1n) is 6.13. The summed E-state index contributed by atoms with van der Waals surface area (Å²) >= 11 is 0. The molecule has 0 amide bonds. The molecule has 114 valence electrons. The van der Waals surface area contributed by atoms with Crippen LogP contribution >= 0.6 is 0 Å². The van der Waals surface area contributed by atoms with Gasteiger partial charge in [-0.15, -0.1) is 5.10 Å². The molecule has 10 heteroatoms. The maximum absolute atomic E-state index is 11.5. The second kappa shape index (κ2) is 4.91. The van der Waals surface area contributed by atoms with Gasteiger partial charge in [0.1, 0.15) is 5.75 Å². The number of nitrogens with two attached hydrogens (primary N) is 1. The maximum atomic E-state index is 11.5. The Morgan fingerprint density at radius 3 is 2.41 bits per heavy atom. The second-order valence-electron chi connectivity index (χ2n) is 4.51. The van der Waals surface area contributed by atoms with Gasteiger partial charge in [0.2, 0.25) is 15.8 Å². The molecule has 0 saturated carbocycles. The van der Waals surface area contributed by atoms with Crippen LogP contribution in [0.25, 0.3) is 17.2 Å². The summed E-state index contributed by atoms with van der Waals surface area (Å²) in [4.78, 5) is 11.8. The summed E-state index contributed by atoms with van der Waals surface area (Å²) < 4.78 is 29.3. The summed E-state index contributed by atoms with van der Waals surface area (Å²) in [5.41, 5.74) is 6.43. The number of rotatable bonds is 3. The lowest BCUT2D eigenvalue weighted by atomic mass is 10.2. The van der Waals surface area contributed by atoms with Gasteiger partial charge in [-0.25, -0.2) is 8.42 Å². The number of fused-ring (bicyclic) bond motifs is 1. The Morgan fingerprint density at radius 2 is 1.82 bits per heavy atom. The van der Waals surface area contributed by atoms with E-state index in [9.17, 15) is 8.42 Å². The number of aromatic nitrogens is 5. The lowest BCUT2D eigenvalue weighted by Crippen LogP contribution is -2.11. The molecule has 0 fully saturated rings. The largest absolute Gasteiger partial charge is 0.497 e. The first-order chi connectivity index (χ1) is 10.4. The molecular formula is C12H12N6O3S. The minimum atomic E-state index is -3.58. The molecule has 0 atom stereocenters. The summed E-state index contributed by atoms with van der Waals surface area (Å²) in [6.45, 7) is 0. The zero-order valence-corrected chi connectivity index (χ0v) is 12.6. The molecule has 0 aliphatic carbocycles. The van der Waals surface area contributed by atoms with Crippen molar-refractivity contribution in [3.8, 4) is 17.1 Å². The smallest absolute Gasteiger partial charge is 0.258 e. The molecule has 0 spiro atoms. The first-order valence-corrected chi connectivity index (χ1v) is 8.02. The fourth-order valence-electron chi connectivity index (χ4n) is 1.81. The number of hydrogen-bond acceptors (Lipinski definition) is 8. The van der Waals surface area contributed by atoms with E-state index in [-0.39, 0.29) is 16.9 Å². The van der Waals surface area contributed by atoms with Crippen LogP contribution in [-0.2, 0) is 9.84 Å². The van der Waals surface area contributed by atoms with Crippen LogP contribution in [-0.4, -0.2) is 46.3 Å². The molecule has 2 aromatic heterocycles. The van der Waals surface area contributed by atoms with Crippen LogP contribution in [0.3, 0.4) is 0 Å². The van der Waals surface area contributed by atoms with Crippen molar-refractivity contribution >= 4 is 21.6 Å². The topological polar surface area (TPSA) is 125 Å². The number of sulfone groups is 1. The highest BCUT2D eigenvalue weighted by Gasteiger charge is 2.17. The van der Waals surface area contributed by atoms with Crippen LogP contribution in [0.1, 0.15) is 0 Å². The van der Waals surface area contributed by atoms with Crippen molar-refractivity contribution in [1.82, 2.24) is 24.6 Å². The van der Waals surface area contributed by atoms with Crippen LogP contribution < -0.4 is 10.5 Å². The highest BCUT2D eigenvalue weighted by atomic mass is 32.2. The van der Waals surface area contributed by atoms with Gasteiger partial charge in [0.05, 0.1) is 7.11 Å². The number of ether oxygens (including phenoxy) is 1. The third kappa shape index (κ3) is 2.44. The molecule has 3 aromatic rings. The highest BCUT2D eigenvalue weighted by molar-refractivity contribution is 7.90. The molecule has 0 unspecified atom stereocenters. The molecule has 22 heavy (non-hydrogen) atoms. The Bertz CT molecular complexity index is 949. The van der Waals surface area contributed by atoms with Gasteiger partial charge in [-0.3, -0.25) is 0 Å². The van der Waals surface area contributed by atoms with Crippen molar-refractivity contribution in [3.63, 3.8) is 0 Å². The van der Waals surface area contributed by atoms with Crippen LogP contribution in [0.4, 0.5) is 5.95 Å². The van der Waals surface area contributed by atoms with Crippen molar-refractivity contribution < 1.29 is 13.2 Å². The molecule has 0 aliphatic heterocycles. The fourth-order valence-corrected chi connectivity index (χ4v) is 2.32. The van der Waals surface area contributed by atoms with E-state index < -0.39 is 9.84 Å². The van der Waals surface area contributed by atoms with Crippen LogP contribution in [0.5, 0.6) is 5.75 Å². The minimum Gasteiger partial charge on any atom is -0.497 e. The molecule has 9 nitrogen and oxygen atoms in total. The van der Waals surface area contributed by atoms with Crippen molar-refractivity contribution in [2.24, 2.45) is 0 Å². The molecule has 0 saturated heterocycles. The number of nitrogens with zero attached hydrogens (tertiary/aromatic N) is 5. The van der Waals surface area contributed by atoms with Crippen molar-refractivity contribution in [2.45, 2.75) is 5.16 Å². The van der Waals surface area contributed by atoms with Gasteiger partial charge < -0.3 is 10.5 Å². The van der Waals surface area contributed by atoms with Gasteiger partial charge in [0, 0.05) is 11.8 Å². The average Bonchev–Trinajstić information content (AvgIpc) is 2.91. The normalized spacial score (nSPS) is 11.7. The quantitative estimate of drug-likeness (QED) is 0.724. The third-order valence-electron chi connectivity index (χ3n) is 2.89. The molecule has 2 N–H and O–H groups in total. The Kier molecular flexibility index (Phi) is 3.17. The summed E-state index contributed by atoms with van der Waals surface area (Å²) in [7, 11) is -2.01. The molecule has 0 bridgehead atoms. The lowest BCUT2D eigenvalue weighted by Gasteiger charge is -1.99. The zero-order valence-electron chi connectivity index (χ0n) is 11.8. The van der Waals surface area contributed by atoms with E-state index in [0.29, 0.717) is 17.1 Å². The predicted octanol–water partition coefficient (Wildman–Crippen LogP) is 0.181. The number of nitrogen functional groups attached to an aromatic ring is 1. The van der Waals surface area contributed by atoms with Crippen LogP contribution in [0.2, 0.25) is 0 Å². The Labute approximate surface area is 125 Å². The Balaban J connectivity index is 2.14. The molecule has 2 heterocycles. The highest BCUT2D eigenvalue weighted by Crippen LogP contribution is 2.20. The van der Waals surface area contributed by atoms with Gasteiger partial charge in [0.15, 0.2) is 5.82 Å².